The third-order valence-electron chi connectivity index (χ3n) is 3.75. The second-order valence-electron chi connectivity index (χ2n) is 4.72. The van der Waals surface area contributed by atoms with E-state index >= 15 is 0 Å². The Morgan fingerprint density at radius 3 is 2.07 bits per heavy atom. The second kappa shape index (κ2) is 8.31. The van der Waals surface area contributed by atoms with E-state index in [0.717, 1.165) is 13.1 Å². The smallest absolute Gasteiger partial charge is 0.0636 e. The van der Waals surface area contributed by atoms with Gasteiger partial charge in [0.05, 0.1) is 14.2 Å². The highest BCUT2D eigenvalue weighted by molar-refractivity contribution is 6.79. The van der Waals surface area contributed by atoms with Gasteiger partial charge in [0.25, 0.3) is 0 Å². The van der Waals surface area contributed by atoms with Crippen molar-refractivity contribution < 1.29 is 5.11 Å². The molecule has 0 rings (SSSR count). The molecule has 0 radical (unpaired) electrons. The molecule has 2 N–H and O–H groups in total. The molecule has 1 atom stereocenters. The van der Waals surface area contributed by atoms with Gasteiger partial charge in [-0.1, -0.05) is 44.9 Å². The molecule has 0 aromatic carbocycles. The van der Waals surface area contributed by atoms with Crippen molar-refractivity contribution in [3.05, 3.63) is 0 Å². The Balaban J connectivity index is 3.63. The molecule has 0 saturated carbocycles. The molecule has 0 spiro atoms. The van der Waals surface area contributed by atoms with Gasteiger partial charge in [-0.3, -0.25) is 0 Å². The van der Waals surface area contributed by atoms with Gasteiger partial charge in [-0.2, -0.15) is 0 Å². The maximum absolute atomic E-state index is 9.10. The van der Waals surface area contributed by atoms with Crippen LogP contribution >= 0.6 is 0 Å². The Bertz CT molecular complexity index is 138. The molecular weight excluding hydrogens is 202 g/mol. The predicted molar refractivity (Wildman–Crippen MR) is 71.2 cm³/mol. The normalized spacial score (nSPS) is 14.2. The summed E-state index contributed by atoms with van der Waals surface area (Å²) in [6, 6.07) is 5.73. The molecule has 0 bridgehead atoms. The topological polar surface area (TPSA) is 32.3 Å². The molecule has 0 aliphatic carbocycles. The number of hydrogen-bond donors (Lipinski definition) is 2. The number of nitrogens with one attached hydrogen (secondary N) is 1. The van der Waals surface area contributed by atoms with Crippen LogP contribution in [0.4, 0.5) is 0 Å². The summed E-state index contributed by atoms with van der Waals surface area (Å²) in [7, 11) is -0.897. The lowest BCUT2D eigenvalue weighted by atomic mass is 10.4. The zero-order valence-electron chi connectivity index (χ0n) is 11.0. The van der Waals surface area contributed by atoms with E-state index in [1.165, 1.54) is 30.6 Å². The first-order valence-electron chi connectivity index (χ1n) is 6.49. The highest BCUT2D eigenvalue weighted by Crippen LogP contribution is 2.26. The number of rotatable bonds is 9. The summed E-state index contributed by atoms with van der Waals surface area (Å²) >= 11 is 0. The molecule has 0 aromatic heterocycles. The lowest BCUT2D eigenvalue weighted by Gasteiger charge is -2.28. The molecule has 2 nitrogen and oxygen atoms in total. The molecule has 0 saturated heterocycles. The minimum atomic E-state index is -0.897. The SMILES string of the molecule is CC[Si](CC)(CC)CCCNCC(C)O. The van der Waals surface area contributed by atoms with E-state index in [-0.39, 0.29) is 6.10 Å². The van der Waals surface area contributed by atoms with Gasteiger partial charge < -0.3 is 10.4 Å². The summed E-state index contributed by atoms with van der Waals surface area (Å²) in [5, 5.41) is 12.4. The highest BCUT2D eigenvalue weighted by atomic mass is 28.3. The van der Waals surface area contributed by atoms with Crippen LogP contribution in [0.5, 0.6) is 0 Å². The van der Waals surface area contributed by atoms with E-state index in [4.69, 9.17) is 5.11 Å². The van der Waals surface area contributed by atoms with Gasteiger partial charge in [0.2, 0.25) is 0 Å². The first-order chi connectivity index (χ1) is 7.10. The van der Waals surface area contributed by atoms with Crippen LogP contribution in [0.2, 0.25) is 24.2 Å². The first-order valence-corrected chi connectivity index (χ1v) is 9.31. The van der Waals surface area contributed by atoms with E-state index < -0.39 is 8.07 Å². The summed E-state index contributed by atoms with van der Waals surface area (Å²) in [6.45, 7) is 10.7. The van der Waals surface area contributed by atoms with Crippen molar-refractivity contribution in [1.29, 1.82) is 0 Å². The first kappa shape index (κ1) is 15.1. The van der Waals surface area contributed by atoms with Gasteiger partial charge in [0, 0.05) is 6.54 Å². The largest absolute Gasteiger partial charge is 0.392 e. The van der Waals surface area contributed by atoms with Crippen molar-refractivity contribution in [1.82, 2.24) is 5.32 Å². The maximum Gasteiger partial charge on any atom is 0.0636 e. The van der Waals surface area contributed by atoms with Crippen LogP contribution in [0.25, 0.3) is 0 Å². The fourth-order valence-corrected chi connectivity index (χ4v) is 5.67. The van der Waals surface area contributed by atoms with Crippen LogP contribution in [0, 0.1) is 0 Å². The minimum Gasteiger partial charge on any atom is -0.392 e. The van der Waals surface area contributed by atoms with Crippen LogP contribution in [0.1, 0.15) is 34.1 Å². The Hall–Kier alpha value is 0.137. The van der Waals surface area contributed by atoms with Crippen molar-refractivity contribution in [3.63, 3.8) is 0 Å². The summed E-state index contributed by atoms with van der Waals surface area (Å²) in [5.74, 6) is 0. The van der Waals surface area contributed by atoms with Gasteiger partial charge in [-0.25, -0.2) is 0 Å². The molecule has 15 heavy (non-hydrogen) atoms. The zero-order valence-corrected chi connectivity index (χ0v) is 12.0. The van der Waals surface area contributed by atoms with E-state index in [1.807, 2.05) is 6.92 Å². The predicted octanol–water partition coefficient (Wildman–Crippen LogP) is 2.86. The molecular formula is C12H29NOSi. The van der Waals surface area contributed by atoms with Gasteiger partial charge in [0.15, 0.2) is 0 Å². The summed E-state index contributed by atoms with van der Waals surface area (Å²) in [5.41, 5.74) is 0. The van der Waals surface area contributed by atoms with Crippen molar-refractivity contribution in [2.45, 2.75) is 64.4 Å². The van der Waals surface area contributed by atoms with Crippen molar-refractivity contribution in [3.8, 4) is 0 Å². The van der Waals surface area contributed by atoms with E-state index in [2.05, 4.69) is 26.1 Å². The van der Waals surface area contributed by atoms with Crippen molar-refractivity contribution >= 4 is 8.07 Å². The fraction of sp³-hybridized carbons (Fsp3) is 1.00. The molecule has 3 heteroatoms. The summed E-state index contributed by atoms with van der Waals surface area (Å²) in [4.78, 5) is 0. The Morgan fingerprint density at radius 2 is 1.67 bits per heavy atom. The standard InChI is InChI=1S/C12H29NOSi/c1-5-15(6-2,7-3)10-8-9-13-11-12(4)14/h12-14H,5-11H2,1-4H3. The zero-order chi connectivity index (χ0) is 11.7. The highest BCUT2D eigenvalue weighted by Gasteiger charge is 2.25. The monoisotopic (exact) mass is 231 g/mol. The van der Waals surface area contributed by atoms with Crippen molar-refractivity contribution in [2.24, 2.45) is 0 Å². The van der Waals surface area contributed by atoms with Crippen LogP contribution < -0.4 is 5.32 Å². The third-order valence-corrected chi connectivity index (χ3v) is 9.66. The summed E-state index contributed by atoms with van der Waals surface area (Å²) in [6.07, 6.45) is 1.07. The molecule has 92 valence electrons. The van der Waals surface area contributed by atoms with Crippen LogP contribution in [0.15, 0.2) is 0 Å². The Kier molecular flexibility index (Phi) is 8.38. The Morgan fingerprint density at radius 1 is 1.13 bits per heavy atom. The lowest BCUT2D eigenvalue weighted by molar-refractivity contribution is 0.191. The minimum absolute atomic E-state index is 0.212. The molecule has 0 aliphatic rings. The lowest BCUT2D eigenvalue weighted by Crippen LogP contribution is -2.33. The van der Waals surface area contributed by atoms with Crippen LogP contribution in [0.3, 0.4) is 0 Å². The van der Waals surface area contributed by atoms with E-state index in [9.17, 15) is 0 Å². The molecule has 0 fully saturated rings. The van der Waals surface area contributed by atoms with E-state index in [1.54, 1.807) is 0 Å². The Labute approximate surface area is 96.5 Å². The molecule has 0 aliphatic heterocycles. The molecule has 1 unspecified atom stereocenters. The van der Waals surface area contributed by atoms with Gasteiger partial charge in [-0.15, -0.1) is 0 Å². The van der Waals surface area contributed by atoms with Crippen LogP contribution in [-0.2, 0) is 0 Å². The molecule has 0 aromatic rings. The van der Waals surface area contributed by atoms with Gasteiger partial charge in [-0.05, 0) is 19.9 Å². The number of aliphatic hydroxyl groups excluding tert-OH is 1. The molecule has 0 heterocycles. The second-order valence-corrected chi connectivity index (χ2v) is 10.3. The number of hydrogen-bond acceptors (Lipinski definition) is 2. The fourth-order valence-electron chi connectivity index (χ4n) is 2.18. The van der Waals surface area contributed by atoms with Gasteiger partial charge >= 0.3 is 0 Å². The van der Waals surface area contributed by atoms with Crippen molar-refractivity contribution in [2.75, 3.05) is 13.1 Å². The quantitative estimate of drug-likeness (QED) is 0.472. The van der Waals surface area contributed by atoms with Crippen LogP contribution in [-0.4, -0.2) is 32.4 Å². The third kappa shape index (κ3) is 6.33. The average molecular weight is 231 g/mol. The number of aliphatic hydroxyl groups is 1. The average Bonchev–Trinajstić information content (AvgIpc) is 2.24. The van der Waals surface area contributed by atoms with Gasteiger partial charge in [0.1, 0.15) is 0 Å². The molecule has 0 amide bonds. The van der Waals surface area contributed by atoms with E-state index in [0.29, 0.717) is 0 Å². The summed E-state index contributed by atoms with van der Waals surface area (Å²) < 4.78 is 0. The maximum atomic E-state index is 9.10.